The fourth-order valence-electron chi connectivity index (χ4n) is 3.85. The molecule has 1 aromatic carbocycles. The molecule has 1 aliphatic rings. The molecule has 1 fully saturated rings. The minimum atomic E-state index is -3.65. The Balaban J connectivity index is 1.74. The number of sulfonamides is 1. The molecule has 3 rings (SSSR count). The number of nitrogens with zero attached hydrogens (tertiary/aromatic N) is 1. The van der Waals surface area contributed by atoms with Crippen molar-refractivity contribution < 1.29 is 12.9 Å². The van der Waals surface area contributed by atoms with Crippen LogP contribution in [-0.4, -0.2) is 26.2 Å². The topological polar surface area (TPSA) is 98.2 Å². The molecule has 0 spiro atoms. The average Bonchev–Trinajstić information content (AvgIpc) is 2.95. The van der Waals surface area contributed by atoms with Crippen molar-refractivity contribution in [3.05, 3.63) is 46.3 Å². The summed E-state index contributed by atoms with van der Waals surface area (Å²) in [6.45, 7) is 3.75. The maximum Gasteiger partial charge on any atom is 0.246 e. The van der Waals surface area contributed by atoms with Crippen LogP contribution in [-0.2, 0) is 15.4 Å². The molecule has 6 nitrogen and oxygen atoms in total. The van der Waals surface area contributed by atoms with Crippen molar-refractivity contribution in [1.29, 1.82) is 0 Å². The van der Waals surface area contributed by atoms with E-state index >= 15 is 0 Å². The van der Waals surface area contributed by atoms with Gasteiger partial charge in [0.25, 0.3) is 0 Å². The third-order valence-electron chi connectivity index (χ3n) is 5.33. The Bertz CT molecular complexity index is 867. The van der Waals surface area contributed by atoms with Crippen LogP contribution < -0.4 is 10.5 Å². The molecule has 0 saturated heterocycles. The number of aromatic nitrogens is 1. The largest absolute Gasteiger partial charge is 0.360 e. The fourth-order valence-corrected chi connectivity index (χ4v) is 5.68. The summed E-state index contributed by atoms with van der Waals surface area (Å²) < 4.78 is 33.2. The van der Waals surface area contributed by atoms with Crippen LogP contribution in [0.15, 0.2) is 33.7 Å². The first-order valence-corrected chi connectivity index (χ1v) is 10.5. The average molecular weight is 398 g/mol. The predicted molar refractivity (Wildman–Crippen MR) is 101 cm³/mol. The van der Waals surface area contributed by atoms with E-state index in [0.717, 1.165) is 18.4 Å². The smallest absolute Gasteiger partial charge is 0.246 e. The molecule has 0 radical (unpaired) electrons. The normalized spacial score (nSPS) is 23.9. The molecule has 26 heavy (non-hydrogen) atoms. The molecule has 1 aromatic heterocycles. The molecule has 1 heterocycles. The molecule has 0 amide bonds. The zero-order valence-electron chi connectivity index (χ0n) is 15.0. The van der Waals surface area contributed by atoms with Crippen LogP contribution in [0.4, 0.5) is 0 Å². The SMILES string of the molecule is Cc1noc(C)c1S(=O)(=O)N[C@H]1CC[C@](CN)(c2cccc(Cl)c2)CC1. The van der Waals surface area contributed by atoms with E-state index in [1.54, 1.807) is 13.8 Å². The van der Waals surface area contributed by atoms with Gasteiger partial charge in [0, 0.05) is 23.0 Å². The second kappa shape index (κ2) is 7.31. The van der Waals surface area contributed by atoms with Gasteiger partial charge < -0.3 is 10.3 Å². The quantitative estimate of drug-likeness (QED) is 0.807. The van der Waals surface area contributed by atoms with E-state index in [1.165, 1.54) is 0 Å². The van der Waals surface area contributed by atoms with Crippen LogP contribution in [0.25, 0.3) is 0 Å². The summed E-state index contributed by atoms with van der Waals surface area (Å²) in [5.74, 6) is 0.307. The Morgan fingerprint density at radius 2 is 2.04 bits per heavy atom. The number of benzene rings is 1. The van der Waals surface area contributed by atoms with E-state index in [0.29, 0.717) is 35.9 Å². The summed E-state index contributed by atoms with van der Waals surface area (Å²) in [6, 6.07) is 7.66. The van der Waals surface area contributed by atoms with Gasteiger partial charge in [0.05, 0.1) is 0 Å². The van der Waals surface area contributed by atoms with Crippen LogP contribution in [0, 0.1) is 13.8 Å². The summed E-state index contributed by atoms with van der Waals surface area (Å²) in [6.07, 6.45) is 3.04. The molecule has 0 unspecified atom stereocenters. The third-order valence-corrected chi connectivity index (χ3v) is 7.33. The Kier molecular flexibility index (Phi) is 5.44. The molecule has 0 bridgehead atoms. The highest BCUT2D eigenvalue weighted by Crippen LogP contribution is 2.40. The van der Waals surface area contributed by atoms with Gasteiger partial charge >= 0.3 is 0 Å². The molecule has 1 saturated carbocycles. The molecule has 2 aromatic rings. The van der Waals surface area contributed by atoms with Crippen molar-refractivity contribution in [2.75, 3.05) is 6.54 Å². The Morgan fingerprint density at radius 1 is 1.35 bits per heavy atom. The lowest BCUT2D eigenvalue weighted by molar-refractivity contribution is 0.267. The third kappa shape index (κ3) is 3.67. The second-order valence-electron chi connectivity index (χ2n) is 7.04. The van der Waals surface area contributed by atoms with E-state index in [9.17, 15) is 8.42 Å². The van der Waals surface area contributed by atoms with Crippen LogP contribution in [0.5, 0.6) is 0 Å². The van der Waals surface area contributed by atoms with Crippen LogP contribution >= 0.6 is 11.6 Å². The van der Waals surface area contributed by atoms with Gasteiger partial charge in [-0.25, -0.2) is 13.1 Å². The molecule has 0 atom stereocenters. The number of rotatable bonds is 5. The fraction of sp³-hybridized carbons (Fsp3) is 0.500. The molecule has 1 aliphatic carbocycles. The zero-order valence-corrected chi connectivity index (χ0v) is 16.5. The number of halogens is 1. The van der Waals surface area contributed by atoms with E-state index < -0.39 is 10.0 Å². The monoisotopic (exact) mass is 397 g/mol. The number of nitrogens with one attached hydrogen (secondary N) is 1. The molecule has 0 aliphatic heterocycles. The van der Waals surface area contributed by atoms with Crippen LogP contribution in [0.1, 0.15) is 42.7 Å². The number of aryl methyl sites for hydroxylation is 2. The Morgan fingerprint density at radius 3 is 2.58 bits per heavy atom. The maximum absolute atomic E-state index is 12.7. The van der Waals surface area contributed by atoms with Crippen molar-refractivity contribution in [2.45, 2.75) is 55.9 Å². The molecular weight excluding hydrogens is 374 g/mol. The van der Waals surface area contributed by atoms with Gasteiger partial charge in [0.15, 0.2) is 5.76 Å². The minimum absolute atomic E-state index is 0.132. The van der Waals surface area contributed by atoms with Gasteiger partial charge in [0.1, 0.15) is 10.6 Å². The van der Waals surface area contributed by atoms with Crippen molar-refractivity contribution >= 4 is 21.6 Å². The first-order chi connectivity index (χ1) is 12.3. The highest BCUT2D eigenvalue weighted by atomic mass is 35.5. The van der Waals surface area contributed by atoms with Crippen molar-refractivity contribution in [1.82, 2.24) is 9.88 Å². The molecular formula is C18H24ClN3O3S. The minimum Gasteiger partial charge on any atom is -0.360 e. The van der Waals surface area contributed by atoms with Gasteiger partial charge in [0.2, 0.25) is 10.0 Å². The van der Waals surface area contributed by atoms with Crippen molar-refractivity contribution in [3.63, 3.8) is 0 Å². The highest BCUT2D eigenvalue weighted by Gasteiger charge is 2.37. The summed E-state index contributed by atoms with van der Waals surface area (Å²) in [4.78, 5) is 0.142. The lowest BCUT2D eigenvalue weighted by Crippen LogP contribution is -2.45. The number of hydrogen-bond donors (Lipinski definition) is 2. The van der Waals surface area contributed by atoms with Gasteiger partial charge in [-0.3, -0.25) is 0 Å². The predicted octanol–water partition coefficient (Wildman–Crippen LogP) is 3.06. The van der Waals surface area contributed by atoms with Crippen molar-refractivity contribution in [3.8, 4) is 0 Å². The Hall–Kier alpha value is -1.41. The second-order valence-corrected chi connectivity index (χ2v) is 9.13. The summed E-state index contributed by atoms with van der Waals surface area (Å²) in [5.41, 5.74) is 7.45. The molecule has 3 N–H and O–H groups in total. The summed E-state index contributed by atoms with van der Waals surface area (Å²) in [5, 5.41) is 4.43. The van der Waals surface area contributed by atoms with Gasteiger partial charge in [-0.1, -0.05) is 28.9 Å². The van der Waals surface area contributed by atoms with Crippen molar-refractivity contribution in [2.24, 2.45) is 5.73 Å². The first kappa shape index (κ1) is 19.4. The Labute approximate surface area is 159 Å². The van der Waals surface area contributed by atoms with Crippen LogP contribution in [0.3, 0.4) is 0 Å². The summed E-state index contributed by atoms with van der Waals surface area (Å²) in [7, 11) is -3.65. The van der Waals surface area contributed by atoms with Crippen LogP contribution in [0.2, 0.25) is 5.02 Å². The molecule has 8 heteroatoms. The van der Waals surface area contributed by atoms with E-state index in [-0.39, 0.29) is 16.4 Å². The molecule has 142 valence electrons. The van der Waals surface area contributed by atoms with Gasteiger partial charge in [-0.15, -0.1) is 0 Å². The number of hydrogen-bond acceptors (Lipinski definition) is 5. The first-order valence-electron chi connectivity index (χ1n) is 8.69. The zero-order chi connectivity index (χ0) is 18.9. The lowest BCUT2D eigenvalue weighted by Gasteiger charge is -2.40. The maximum atomic E-state index is 12.7. The van der Waals surface area contributed by atoms with Gasteiger partial charge in [-0.2, -0.15) is 0 Å². The van der Waals surface area contributed by atoms with E-state index in [2.05, 4.69) is 9.88 Å². The number of nitrogens with two attached hydrogens (primary N) is 1. The lowest BCUT2D eigenvalue weighted by atomic mass is 9.68. The van der Waals surface area contributed by atoms with E-state index in [4.69, 9.17) is 21.9 Å². The standard InChI is InChI=1S/C18H24ClN3O3S/c1-12-17(13(2)25-21-12)26(23,24)22-16-6-8-18(11-20,9-7-16)14-4-3-5-15(19)10-14/h3-5,10,16,22H,6-9,11,20H2,1-2H3/t16-,18-. The van der Waals surface area contributed by atoms with E-state index in [1.807, 2.05) is 24.3 Å². The van der Waals surface area contributed by atoms with Gasteiger partial charge in [-0.05, 0) is 57.2 Å². The highest BCUT2D eigenvalue weighted by molar-refractivity contribution is 7.89. The summed E-state index contributed by atoms with van der Waals surface area (Å²) >= 11 is 6.14.